The van der Waals surface area contributed by atoms with E-state index < -0.39 is 16.1 Å². The van der Waals surface area contributed by atoms with Gasteiger partial charge in [0.25, 0.3) is 10.0 Å². The summed E-state index contributed by atoms with van der Waals surface area (Å²) in [6.07, 6.45) is 0.0944. The average molecular weight is 457 g/mol. The van der Waals surface area contributed by atoms with Crippen LogP contribution in [0.5, 0.6) is 5.75 Å². The summed E-state index contributed by atoms with van der Waals surface area (Å²) in [6.45, 7) is 6.98. The van der Waals surface area contributed by atoms with E-state index >= 15 is 0 Å². The Balaban J connectivity index is 0.00000176. The van der Waals surface area contributed by atoms with Crippen molar-refractivity contribution in [2.24, 2.45) is 0 Å². The second kappa shape index (κ2) is 12.2. The predicted octanol–water partition coefficient (Wildman–Crippen LogP) is 4.39. The Morgan fingerprint density at radius 1 is 0.875 bits per heavy atom. The molecule has 1 unspecified atom stereocenters. The number of aliphatic hydroxyl groups is 1. The first kappa shape index (κ1) is 25.4. The second-order valence-electron chi connectivity index (χ2n) is 7.18. The molecule has 32 heavy (non-hydrogen) atoms. The molecule has 0 saturated carbocycles. The van der Waals surface area contributed by atoms with Gasteiger partial charge in [0.05, 0.1) is 11.0 Å². The van der Waals surface area contributed by atoms with E-state index in [0.29, 0.717) is 18.8 Å². The largest absolute Gasteiger partial charge is 0.508 e. The van der Waals surface area contributed by atoms with Gasteiger partial charge in [0, 0.05) is 12.2 Å². The number of aromatic hydroxyl groups is 1. The summed E-state index contributed by atoms with van der Waals surface area (Å²) in [4.78, 5) is 0.230. The maximum absolute atomic E-state index is 12.4. The van der Waals surface area contributed by atoms with Gasteiger partial charge in [0.2, 0.25) is 0 Å². The quantitative estimate of drug-likeness (QED) is 0.358. The fourth-order valence-corrected chi connectivity index (χ4v) is 4.02. The lowest BCUT2D eigenvalue weighted by atomic mass is 10.1. The first-order valence-corrected chi connectivity index (χ1v) is 12.2. The molecule has 3 aromatic carbocycles. The van der Waals surface area contributed by atoms with Crippen molar-refractivity contribution in [3.05, 3.63) is 89.5 Å². The van der Waals surface area contributed by atoms with Crippen LogP contribution in [0.3, 0.4) is 0 Å². The minimum Gasteiger partial charge on any atom is -0.508 e. The normalized spacial score (nSPS) is 11.9. The maximum atomic E-state index is 12.4. The number of aliphatic hydroxyl groups excluding tert-OH is 1. The fourth-order valence-electron chi connectivity index (χ4n) is 2.96. The van der Waals surface area contributed by atoms with Gasteiger partial charge < -0.3 is 15.5 Å². The van der Waals surface area contributed by atoms with E-state index in [-0.39, 0.29) is 10.6 Å². The molecule has 0 aliphatic carbocycles. The van der Waals surface area contributed by atoms with Crippen molar-refractivity contribution in [1.82, 2.24) is 5.32 Å². The van der Waals surface area contributed by atoms with Crippen molar-refractivity contribution in [3.63, 3.8) is 0 Å². The molecule has 0 aliphatic heterocycles. The van der Waals surface area contributed by atoms with E-state index in [4.69, 9.17) is 0 Å². The van der Waals surface area contributed by atoms with Crippen LogP contribution in [0.1, 0.15) is 36.6 Å². The zero-order chi connectivity index (χ0) is 23.6. The highest BCUT2D eigenvalue weighted by Gasteiger charge is 2.13. The van der Waals surface area contributed by atoms with Gasteiger partial charge in [-0.15, -0.1) is 0 Å². The van der Waals surface area contributed by atoms with Crippen LogP contribution in [0.2, 0.25) is 0 Å². The number of phenolic OH excluding ortho intramolecular Hbond substituents is 1. The van der Waals surface area contributed by atoms with Crippen LogP contribution in [-0.2, 0) is 16.4 Å². The molecule has 4 N–H and O–H groups in total. The van der Waals surface area contributed by atoms with Gasteiger partial charge in [-0.3, -0.25) is 4.72 Å². The van der Waals surface area contributed by atoms with E-state index in [1.807, 2.05) is 32.9 Å². The monoisotopic (exact) mass is 456 g/mol. The summed E-state index contributed by atoms with van der Waals surface area (Å²) >= 11 is 0. The van der Waals surface area contributed by atoms with Gasteiger partial charge in [-0.2, -0.15) is 0 Å². The Morgan fingerprint density at radius 2 is 1.47 bits per heavy atom. The van der Waals surface area contributed by atoms with Crippen LogP contribution < -0.4 is 10.0 Å². The first-order chi connectivity index (χ1) is 15.3. The van der Waals surface area contributed by atoms with E-state index in [1.54, 1.807) is 60.7 Å². The van der Waals surface area contributed by atoms with Crippen LogP contribution in [0.4, 0.5) is 5.69 Å². The molecular weight excluding hydrogens is 424 g/mol. The molecule has 3 rings (SSSR count). The van der Waals surface area contributed by atoms with E-state index in [2.05, 4.69) is 10.0 Å². The summed E-state index contributed by atoms with van der Waals surface area (Å²) in [5.74, 6) is 0.170. The second-order valence-corrected chi connectivity index (χ2v) is 8.86. The third-order valence-corrected chi connectivity index (χ3v) is 6.14. The number of hydrogen-bond donors (Lipinski definition) is 4. The fraction of sp³-hybridized carbons (Fsp3) is 0.280. The summed E-state index contributed by atoms with van der Waals surface area (Å²) in [7, 11) is -3.61. The lowest BCUT2D eigenvalue weighted by Crippen LogP contribution is -2.23. The van der Waals surface area contributed by atoms with E-state index in [9.17, 15) is 18.6 Å². The number of hydrogen-bond acceptors (Lipinski definition) is 5. The molecule has 6 nitrogen and oxygen atoms in total. The lowest BCUT2D eigenvalue weighted by Gasteiger charge is -2.13. The molecule has 172 valence electrons. The molecule has 0 aliphatic rings. The van der Waals surface area contributed by atoms with Gasteiger partial charge in [-0.25, -0.2) is 8.42 Å². The van der Waals surface area contributed by atoms with E-state index in [1.165, 1.54) is 0 Å². The van der Waals surface area contributed by atoms with Crippen LogP contribution in [-0.4, -0.2) is 31.7 Å². The molecule has 1 atom stereocenters. The van der Waals surface area contributed by atoms with Gasteiger partial charge in [-0.05, 0) is 67.4 Å². The number of nitrogens with one attached hydrogen (secondary N) is 2. The Bertz CT molecular complexity index is 1050. The molecule has 0 aromatic heterocycles. The summed E-state index contributed by atoms with van der Waals surface area (Å²) < 4.78 is 27.5. The number of aryl methyl sites for hydroxylation is 1. The van der Waals surface area contributed by atoms with Crippen molar-refractivity contribution in [3.8, 4) is 5.75 Å². The zero-order valence-electron chi connectivity index (χ0n) is 18.7. The van der Waals surface area contributed by atoms with E-state index in [0.717, 1.165) is 23.1 Å². The molecule has 0 spiro atoms. The molecule has 0 saturated heterocycles. The molecule has 0 amide bonds. The highest BCUT2D eigenvalue weighted by atomic mass is 32.2. The maximum Gasteiger partial charge on any atom is 0.261 e. The van der Waals surface area contributed by atoms with Gasteiger partial charge >= 0.3 is 0 Å². The molecule has 0 fully saturated rings. The third-order valence-electron chi connectivity index (χ3n) is 4.74. The van der Waals surface area contributed by atoms with Gasteiger partial charge in [0.15, 0.2) is 0 Å². The molecule has 7 heteroatoms. The number of rotatable bonds is 9. The number of sulfonamides is 1. The molecule has 0 bridgehead atoms. The average Bonchev–Trinajstić information content (AvgIpc) is 2.79. The Morgan fingerprint density at radius 3 is 2.06 bits per heavy atom. The van der Waals surface area contributed by atoms with Crippen LogP contribution in [0, 0.1) is 6.92 Å². The van der Waals surface area contributed by atoms with Crippen LogP contribution in [0.25, 0.3) is 0 Å². The SMILES string of the molecule is CC.Cc1ccc(S(=O)(=O)Nc2ccc(CCNCC(O)c3ccc(O)cc3)cc2)cc1. The highest BCUT2D eigenvalue weighted by Crippen LogP contribution is 2.18. The third kappa shape index (κ3) is 7.67. The molecule has 3 aromatic rings. The lowest BCUT2D eigenvalue weighted by molar-refractivity contribution is 0.175. The summed E-state index contributed by atoms with van der Waals surface area (Å²) in [5.41, 5.74) is 3.31. The van der Waals surface area contributed by atoms with Crippen molar-refractivity contribution < 1.29 is 18.6 Å². The Labute approximate surface area is 191 Å². The molecular formula is C25H32N2O4S. The molecule has 0 heterocycles. The standard InChI is InChI=1S/C23H26N2O4S.C2H6/c1-17-2-12-22(13-3-17)30(28,29)25-20-8-4-18(5-9-20)14-15-24-16-23(27)19-6-10-21(26)11-7-19;1-2/h2-13,23-27H,14-16H2,1H3;1-2H3. The highest BCUT2D eigenvalue weighted by molar-refractivity contribution is 7.92. The Hall–Kier alpha value is -2.87. The minimum absolute atomic E-state index is 0.170. The van der Waals surface area contributed by atoms with Gasteiger partial charge in [0.1, 0.15) is 5.75 Å². The van der Waals surface area contributed by atoms with Crippen molar-refractivity contribution in [1.29, 1.82) is 0 Å². The zero-order valence-corrected chi connectivity index (χ0v) is 19.6. The van der Waals surface area contributed by atoms with Gasteiger partial charge in [-0.1, -0.05) is 55.8 Å². The number of benzene rings is 3. The van der Waals surface area contributed by atoms with Crippen molar-refractivity contribution in [2.75, 3.05) is 17.8 Å². The predicted molar refractivity (Wildman–Crippen MR) is 129 cm³/mol. The van der Waals surface area contributed by atoms with Crippen LogP contribution >= 0.6 is 0 Å². The summed E-state index contributed by atoms with van der Waals surface area (Å²) in [6, 6.07) is 20.4. The smallest absolute Gasteiger partial charge is 0.261 e. The Kier molecular flexibility index (Phi) is 9.71. The topological polar surface area (TPSA) is 98.7 Å². The first-order valence-electron chi connectivity index (χ1n) is 10.7. The van der Waals surface area contributed by atoms with Crippen LogP contribution in [0.15, 0.2) is 77.7 Å². The molecule has 0 radical (unpaired) electrons. The number of phenols is 1. The number of anilines is 1. The van der Waals surface area contributed by atoms with Crippen molar-refractivity contribution in [2.45, 2.75) is 38.2 Å². The minimum atomic E-state index is -3.61. The summed E-state index contributed by atoms with van der Waals surface area (Å²) in [5, 5.41) is 22.6. The van der Waals surface area contributed by atoms with Crippen molar-refractivity contribution >= 4 is 15.7 Å².